The Balaban J connectivity index is 1.42. The van der Waals surface area contributed by atoms with Gasteiger partial charge in [-0.2, -0.15) is 4.31 Å². The summed E-state index contributed by atoms with van der Waals surface area (Å²) >= 11 is 0. The van der Waals surface area contributed by atoms with E-state index in [4.69, 9.17) is 0 Å². The number of nitrogens with zero attached hydrogens (tertiary/aromatic N) is 2. The van der Waals surface area contributed by atoms with Crippen LogP contribution in [0.2, 0.25) is 0 Å². The minimum Gasteiger partial charge on any atom is -0.342 e. The van der Waals surface area contributed by atoms with Crippen LogP contribution >= 0.6 is 0 Å². The topological polar surface area (TPSA) is 57.7 Å². The minimum atomic E-state index is -3.81. The predicted molar refractivity (Wildman–Crippen MR) is 100.0 cm³/mol. The highest BCUT2D eigenvalue weighted by molar-refractivity contribution is 7.89. The second kappa shape index (κ2) is 7.17. The van der Waals surface area contributed by atoms with E-state index >= 15 is 0 Å². The SMILES string of the molecule is O=C1CCC2(CCN1CC1CC1)CCN(S(=O)(=O)c1ccccc1F)CC2. The van der Waals surface area contributed by atoms with Crippen molar-refractivity contribution in [1.82, 2.24) is 9.21 Å². The number of sulfonamides is 1. The largest absolute Gasteiger partial charge is 0.342 e. The molecule has 0 aromatic heterocycles. The smallest absolute Gasteiger partial charge is 0.245 e. The average Bonchev–Trinajstić information content (AvgIpc) is 3.48. The zero-order chi connectivity index (χ0) is 19.1. The normalized spacial score (nSPS) is 24.2. The van der Waals surface area contributed by atoms with Gasteiger partial charge in [-0.15, -0.1) is 0 Å². The number of hydrogen-bond acceptors (Lipinski definition) is 3. The highest BCUT2D eigenvalue weighted by Gasteiger charge is 2.41. The lowest BCUT2D eigenvalue weighted by Gasteiger charge is -2.40. The Labute approximate surface area is 160 Å². The van der Waals surface area contributed by atoms with Gasteiger partial charge in [0.1, 0.15) is 10.7 Å². The van der Waals surface area contributed by atoms with Crippen molar-refractivity contribution in [1.29, 1.82) is 0 Å². The van der Waals surface area contributed by atoms with Gasteiger partial charge >= 0.3 is 0 Å². The molecule has 1 spiro atoms. The summed E-state index contributed by atoms with van der Waals surface area (Å²) in [6.07, 6.45) is 6.29. The number of likely N-dealkylation sites (tertiary alicyclic amines) is 1. The second-order valence-corrected chi connectivity index (χ2v) is 10.3. The molecule has 0 N–H and O–H groups in total. The lowest BCUT2D eigenvalue weighted by atomic mass is 9.73. The Bertz CT molecular complexity index is 814. The average molecular weight is 395 g/mol. The molecule has 2 aliphatic heterocycles. The van der Waals surface area contributed by atoms with E-state index in [1.165, 1.54) is 35.3 Å². The van der Waals surface area contributed by atoms with Gasteiger partial charge in [-0.1, -0.05) is 12.1 Å². The highest BCUT2D eigenvalue weighted by Crippen LogP contribution is 2.43. The van der Waals surface area contributed by atoms with E-state index < -0.39 is 15.8 Å². The maximum absolute atomic E-state index is 14.0. The summed E-state index contributed by atoms with van der Waals surface area (Å²) in [4.78, 5) is 14.2. The number of amides is 1. The number of benzene rings is 1. The van der Waals surface area contributed by atoms with Crippen molar-refractivity contribution in [3.8, 4) is 0 Å². The quantitative estimate of drug-likeness (QED) is 0.789. The molecule has 2 saturated heterocycles. The molecular formula is C20H27FN2O3S. The van der Waals surface area contributed by atoms with Gasteiger partial charge < -0.3 is 4.90 Å². The minimum absolute atomic E-state index is 0.0369. The van der Waals surface area contributed by atoms with Crippen LogP contribution in [0.25, 0.3) is 0 Å². The molecule has 0 unspecified atom stereocenters. The summed E-state index contributed by atoms with van der Waals surface area (Å²) in [6.45, 7) is 2.47. The van der Waals surface area contributed by atoms with Gasteiger partial charge in [0.2, 0.25) is 15.9 Å². The van der Waals surface area contributed by atoms with Gasteiger partial charge in [0.05, 0.1) is 0 Å². The number of carbonyl (C=O) groups excluding carboxylic acids is 1. The first kappa shape index (κ1) is 18.9. The van der Waals surface area contributed by atoms with E-state index in [0.717, 1.165) is 38.8 Å². The van der Waals surface area contributed by atoms with Crippen LogP contribution in [0.4, 0.5) is 4.39 Å². The molecule has 1 aromatic rings. The van der Waals surface area contributed by atoms with Crippen LogP contribution in [0.15, 0.2) is 29.2 Å². The van der Waals surface area contributed by atoms with Gasteiger partial charge in [-0.25, -0.2) is 12.8 Å². The van der Waals surface area contributed by atoms with E-state index in [0.29, 0.717) is 25.4 Å². The van der Waals surface area contributed by atoms with Gasteiger partial charge in [0, 0.05) is 32.6 Å². The maximum Gasteiger partial charge on any atom is 0.245 e. The molecule has 3 aliphatic rings. The van der Waals surface area contributed by atoms with Gasteiger partial charge in [-0.05, 0) is 62.0 Å². The van der Waals surface area contributed by atoms with E-state index in [1.54, 1.807) is 6.07 Å². The van der Waals surface area contributed by atoms with E-state index in [-0.39, 0.29) is 16.2 Å². The van der Waals surface area contributed by atoms with Crippen molar-refractivity contribution in [3.05, 3.63) is 30.1 Å². The lowest BCUT2D eigenvalue weighted by Crippen LogP contribution is -2.43. The van der Waals surface area contributed by atoms with Crippen LogP contribution in [-0.4, -0.2) is 49.7 Å². The molecule has 27 heavy (non-hydrogen) atoms. The van der Waals surface area contributed by atoms with Crippen LogP contribution < -0.4 is 0 Å². The Morgan fingerprint density at radius 2 is 1.70 bits per heavy atom. The predicted octanol–water partition coefficient (Wildman–Crippen LogP) is 3.02. The highest BCUT2D eigenvalue weighted by atomic mass is 32.2. The van der Waals surface area contributed by atoms with E-state index in [9.17, 15) is 17.6 Å². The van der Waals surface area contributed by atoms with Crippen molar-refractivity contribution in [2.24, 2.45) is 11.3 Å². The molecule has 0 radical (unpaired) electrons. The third-order valence-corrected chi connectivity index (χ3v) is 8.48. The van der Waals surface area contributed by atoms with Crippen molar-refractivity contribution in [2.45, 2.75) is 49.8 Å². The molecule has 7 heteroatoms. The lowest BCUT2D eigenvalue weighted by molar-refractivity contribution is -0.130. The molecule has 148 valence electrons. The summed E-state index contributed by atoms with van der Waals surface area (Å²) in [6, 6.07) is 5.56. The van der Waals surface area contributed by atoms with Crippen molar-refractivity contribution in [2.75, 3.05) is 26.2 Å². The molecule has 3 fully saturated rings. The fraction of sp³-hybridized carbons (Fsp3) is 0.650. The third kappa shape index (κ3) is 3.90. The van der Waals surface area contributed by atoms with E-state index in [2.05, 4.69) is 0 Å². The molecule has 5 nitrogen and oxygen atoms in total. The summed E-state index contributed by atoms with van der Waals surface area (Å²) in [5.41, 5.74) is 0.0369. The van der Waals surface area contributed by atoms with Crippen LogP contribution in [-0.2, 0) is 14.8 Å². The third-order valence-electron chi connectivity index (χ3n) is 6.55. The summed E-state index contributed by atoms with van der Waals surface area (Å²) in [5.74, 6) is 0.240. The van der Waals surface area contributed by atoms with Crippen LogP contribution in [0.3, 0.4) is 0 Å². The number of carbonyl (C=O) groups is 1. The van der Waals surface area contributed by atoms with E-state index in [1.807, 2.05) is 4.90 Å². The molecular weight excluding hydrogens is 367 g/mol. The number of hydrogen-bond donors (Lipinski definition) is 0. The number of piperidine rings is 1. The molecule has 0 atom stereocenters. The molecule has 1 aliphatic carbocycles. The van der Waals surface area contributed by atoms with Crippen molar-refractivity contribution in [3.63, 3.8) is 0 Å². The van der Waals surface area contributed by atoms with Crippen LogP contribution in [0, 0.1) is 17.2 Å². The van der Waals surface area contributed by atoms with Gasteiger partial charge in [-0.3, -0.25) is 4.79 Å². The molecule has 0 bridgehead atoms. The zero-order valence-electron chi connectivity index (χ0n) is 15.6. The molecule has 1 aromatic carbocycles. The first-order chi connectivity index (χ1) is 12.9. The first-order valence-corrected chi connectivity index (χ1v) is 11.4. The fourth-order valence-corrected chi connectivity index (χ4v) is 5.96. The monoisotopic (exact) mass is 394 g/mol. The fourth-order valence-electron chi connectivity index (χ4n) is 4.45. The van der Waals surface area contributed by atoms with Crippen molar-refractivity contribution < 1.29 is 17.6 Å². The summed E-state index contributed by atoms with van der Waals surface area (Å²) in [5, 5.41) is 0. The molecule has 1 amide bonds. The van der Waals surface area contributed by atoms with Crippen molar-refractivity contribution >= 4 is 15.9 Å². The Kier molecular flexibility index (Phi) is 5.01. The first-order valence-electron chi connectivity index (χ1n) is 9.92. The summed E-state index contributed by atoms with van der Waals surface area (Å²) in [7, 11) is -3.81. The van der Waals surface area contributed by atoms with Gasteiger partial charge in [0.15, 0.2) is 0 Å². The van der Waals surface area contributed by atoms with Crippen LogP contribution in [0.5, 0.6) is 0 Å². The molecule has 4 rings (SSSR count). The van der Waals surface area contributed by atoms with Gasteiger partial charge in [0.25, 0.3) is 0 Å². The second-order valence-electron chi connectivity index (χ2n) is 8.37. The number of halogens is 1. The Hall–Kier alpha value is -1.47. The number of rotatable bonds is 4. The maximum atomic E-state index is 14.0. The Morgan fingerprint density at radius 3 is 2.37 bits per heavy atom. The van der Waals surface area contributed by atoms with Crippen LogP contribution in [0.1, 0.15) is 44.9 Å². The molecule has 2 heterocycles. The standard InChI is InChI=1S/C20H27FN2O3S/c21-17-3-1-2-4-18(17)27(25,26)23-13-10-20(11-14-23)8-7-19(24)22(12-9-20)15-16-5-6-16/h1-4,16H,5-15H2. The zero-order valence-corrected chi connectivity index (χ0v) is 16.4. The Morgan fingerprint density at radius 1 is 1.04 bits per heavy atom. The molecule has 1 saturated carbocycles. The summed E-state index contributed by atoms with van der Waals surface area (Å²) < 4.78 is 41.0.